The highest BCUT2D eigenvalue weighted by Crippen LogP contribution is 2.33. The van der Waals surface area contributed by atoms with Crippen LogP contribution in [-0.2, 0) is 32.4 Å². The normalized spacial score (nSPS) is 20.5. The van der Waals surface area contributed by atoms with Crippen LogP contribution < -0.4 is 11.2 Å². The van der Waals surface area contributed by atoms with Gasteiger partial charge in [0, 0.05) is 52.1 Å². The summed E-state index contributed by atoms with van der Waals surface area (Å²) in [6, 6.07) is 4.91. The maximum absolute atomic E-state index is 13.2. The Labute approximate surface area is 211 Å². The minimum absolute atomic E-state index is 0.0645. The second-order valence-electron chi connectivity index (χ2n) is 9.71. The lowest BCUT2D eigenvalue weighted by molar-refractivity contribution is -0.137. The molecule has 1 saturated heterocycles. The zero-order valence-corrected chi connectivity index (χ0v) is 21.4. The average Bonchev–Trinajstić information content (AvgIpc) is 3.41. The Morgan fingerprint density at radius 2 is 1.94 bits per heavy atom. The van der Waals surface area contributed by atoms with Gasteiger partial charge in [-0.15, -0.1) is 0 Å². The molecule has 0 radical (unpaired) electrons. The molecular formula is C24H28ClN7O4. The van der Waals surface area contributed by atoms with Crippen molar-refractivity contribution in [2.45, 2.75) is 37.8 Å². The number of hydrogen-bond acceptors (Lipinski definition) is 6. The monoisotopic (exact) mass is 513 g/mol. The van der Waals surface area contributed by atoms with Gasteiger partial charge in [-0.2, -0.15) is 0 Å². The van der Waals surface area contributed by atoms with Crippen molar-refractivity contribution in [2.24, 2.45) is 21.1 Å². The van der Waals surface area contributed by atoms with Gasteiger partial charge in [-0.05, 0) is 31.5 Å². The van der Waals surface area contributed by atoms with E-state index in [2.05, 4.69) is 9.97 Å². The third-order valence-electron chi connectivity index (χ3n) is 7.36. The van der Waals surface area contributed by atoms with E-state index in [1.807, 2.05) is 23.7 Å². The minimum atomic E-state index is -1.18. The summed E-state index contributed by atoms with van der Waals surface area (Å²) in [4.78, 5) is 49.1. The molecule has 11 nitrogen and oxygen atoms in total. The SMILES string of the molecule is Cn1c(=O)c2c(ncn2[C@H]2CN(C(=O)CCc3nc4cc(Cl)ccc4n3C)CC[C@]2(C)O)n(C)c1=O. The van der Waals surface area contributed by atoms with Gasteiger partial charge in [0.25, 0.3) is 5.56 Å². The molecular weight excluding hydrogens is 486 g/mol. The third-order valence-corrected chi connectivity index (χ3v) is 7.59. The summed E-state index contributed by atoms with van der Waals surface area (Å²) < 4.78 is 5.88. The first-order chi connectivity index (χ1) is 17.0. The first kappa shape index (κ1) is 24.3. The van der Waals surface area contributed by atoms with E-state index < -0.39 is 22.9 Å². The number of imidazole rings is 2. The number of likely N-dealkylation sites (tertiary alicyclic amines) is 1. The van der Waals surface area contributed by atoms with Crippen LogP contribution in [0.2, 0.25) is 5.02 Å². The van der Waals surface area contributed by atoms with Gasteiger partial charge in [-0.25, -0.2) is 14.8 Å². The van der Waals surface area contributed by atoms with Gasteiger partial charge in [0.2, 0.25) is 5.91 Å². The molecule has 2 atom stereocenters. The van der Waals surface area contributed by atoms with E-state index in [9.17, 15) is 19.5 Å². The first-order valence-electron chi connectivity index (χ1n) is 11.7. The number of aliphatic hydroxyl groups is 1. The molecule has 0 aliphatic carbocycles. The van der Waals surface area contributed by atoms with E-state index in [0.29, 0.717) is 24.4 Å². The third kappa shape index (κ3) is 3.82. The number of amides is 1. The molecule has 0 spiro atoms. The Morgan fingerprint density at radius 3 is 2.69 bits per heavy atom. The second kappa shape index (κ2) is 8.59. The molecule has 36 heavy (non-hydrogen) atoms. The fourth-order valence-electron chi connectivity index (χ4n) is 5.06. The van der Waals surface area contributed by atoms with Gasteiger partial charge in [0.05, 0.1) is 29.0 Å². The van der Waals surface area contributed by atoms with Crippen LogP contribution in [0.4, 0.5) is 0 Å². The first-order valence-corrected chi connectivity index (χ1v) is 12.1. The quantitative estimate of drug-likeness (QED) is 0.437. The molecule has 1 aliphatic heterocycles. The van der Waals surface area contributed by atoms with Gasteiger partial charge >= 0.3 is 5.69 Å². The number of nitrogens with zero attached hydrogens (tertiary/aromatic N) is 7. The van der Waals surface area contributed by atoms with Gasteiger partial charge in [0.1, 0.15) is 5.82 Å². The maximum atomic E-state index is 13.2. The molecule has 1 aliphatic rings. The second-order valence-corrected chi connectivity index (χ2v) is 10.1. The van der Waals surface area contributed by atoms with Crippen LogP contribution in [0.25, 0.3) is 22.2 Å². The molecule has 12 heteroatoms. The van der Waals surface area contributed by atoms with E-state index in [1.54, 1.807) is 29.5 Å². The zero-order valence-electron chi connectivity index (χ0n) is 20.6. The smallest absolute Gasteiger partial charge is 0.332 e. The van der Waals surface area contributed by atoms with Crippen molar-refractivity contribution < 1.29 is 9.90 Å². The van der Waals surface area contributed by atoms with E-state index in [-0.39, 0.29) is 30.0 Å². The van der Waals surface area contributed by atoms with E-state index in [0.717, 1.165) is 21.4 Å². The van der Waals surface area contributed by atoms with E-state index in [1.165, 1.54) is 17.9 Å². The van der Waals surface area contributed by atoms with Gasteiger partial charge in [0.15, 0.2) is 11.2 Å². The van der Waals surface area contributed by atoms with Crippen LogP contribution in [0, 0.1) is 0 Å². The fourth-order valence-corrected chi connectivity index (χ4v) is 5.23. The molecule has 1 fully saturated rings. The van der Waals surface area contributed by atoms with Crippen LogP contribution in [0.3, 0.4) is 0 Å². The average molecular weight is 514 g/mol. The summed E-state index contributed by atoms with van der Waals surface area (Å²) in [5.74, 6) is 0.719. The topological polar surface area (TPSA) is 120 Å². The molecule has 5 rings (SSSR count). The van der Waals surface area contributed by atoms with Crippen LogP contribution in [0.5, 0.6) is 0 Å². The summed E-state index contributed by atoms with van der Waals surface area (Å²) in [7, 11) is 4.87. The molecule has 190 valence electrons. The summed E-state index contributed by atoms with van der Waals surface area (Å²) in [6.07, 6.45) is 2.50. The predicted molar refractivity (Wildman–Crippen MR) is 135 cm³/mol. The lowest BCUT2D eigenvalue weighted by atomic mass is 9.88. The Hall–Kier alpha value is -3.44. The molecule has 4 aromatic rings. The summed E-state index contributed by atoms with van der Waals surface area (Å²) in [5, 5.41) is 11.8. The molecule has 1 aromatic carbocycles. The van der Waals surface area contributed by atoms with Crippen molar-refractivity contribution in [1.82, 2.24) is 33.1 Å². The summed E-state index contributed by atoms with van der Waals surface area (Å²) in [5.41, 5.74) is 0.0343. The Kier molecular flexibility index (Phi) is 5.79. The fraction of sp³-hybridized carbons (Fsp3) is 0.458. The minimum Gasteiger partial charge on any atom is -0.388 e. The van der Waals surface area contributed by atoms with Crippen LogP contribution in [0.15, 0.2) is 34.1 Å². The molecule has 3 aromatic heterocycles. The van der Waals surface area contributed by atoms with Crippen LogP contribution >= 0.6 is 11.6 Å². The van der Waals surface area contributed by atoms with Crippen molar-refractivity contribution in [3.8, 4) is 0 Å². The number of fused-ring (bicyclic) bond motifs is 2. The highest BCUT2D eigenvalue weighted by Gasteiger charge is 2.41. The van der Waals surface area contributed by atoms with Gasteiger partial charge in [-0.1, -0.05) is 11.6 Å². The molecule has 0 saturated carbocycles. The lowest BCUT2D eigenvalue weighted by Gasteiger charge is -2.43. The largest absolute Gasteiger partial charge is 0.388 e. The molecule has 4 heterocycles. The predicted octanol–water partition coefficient (Wildman–Crippen LogP) is 1.13. The summed E-state index contributed by atoms with van der Waals surface area (Å²) >= 11 is 6.08. The number of aromatic nitrogens is 6. The van der Waals surface area contributed by atoms with Crippen molar-refractivity contribution in [3.05, 3.63) is 56.2 Å². The Bertz CT molecular complexity index is 1630. The number of carbonyl (C=O) groups is 1. The summed E-state index contributed by atoms with van der Waals surface area (Å²) in [6.45, 7) is 2.30. The standard InChI is InChI=1S/C24H28ClN7O4/c1-24(36)9-10-31(19(33)8-7-18-27-15-11-14(25)5-6-16(15)28(18)2)12-17(24)32-13-26-21-20(32)22(34)30(4)23(35)29(21)3/h5-6,11,13,17,36H,7-10,12H2,1-4H3/t17-,24-/m0/s1. The maximum Gasteiger partial charge on any atom is 0.332 e. The van der Waals surface area contributed by atoms with Crippen molar-refractivity contribution in [3.63, 3.8) is 0 Å². The van der Waals surface area contributed by atoms with Gasteiger partial charge < -0.3 is 19.1 Å². The Morgan fingerprint density at radius 1 is 1.19 bits per heavy atom. The number of hydrogen-bond donors (Lipinski definition) is 1. The molecule has 1 amide bonds. The highest BCUT2D eigenvalue weighted by molar-refractivity contribution is 6.31. The highest BCUT2D eigenvalue weighted by atomic mass is 35.5. The van der Waals surface area contributed by atoms with Crippen LogP contribution in [-0.4, -0.2) is 62.8 Å². The van der Waals surface area contributed by atoms with E-state index >= 15 is 0 Å². The number of piperidine rings is 1. The number of carbonyl (C=O) groups excluding carboxylic acids is 1. The Balaban J connectivity index is 1.40. The molecule has 0 bridgehead atoms. The number of rotatable bonds is 4. The van der Waals surface area contributed by atoms with Gasteiger partial charge in [-0.3, -0.25) is 18.7 Å². The number of halogens is 1. The number of aryl methyl sites for hydroxylation is 3. The van der Waals surface area contributed by atoms with Crippen LogP contribution in [0.1, 0.15) is 31.6 Å². The molecule has 0 unspecified atom stereocenters. The van der Waals surface area contributed by atoms with Crippen molar-refractivity contribution >= 4 is 39.7 Å². The van der Waals surface area contributed by atoms with Crippen molar-refractivity contribution in [1.29, 1.82) is 0 Å². The molecule has 1 N–H and O–H groups in total. The number of benzene rings is 1. The van der Waals surface area contributed by atoms with Crippen molar-refractivity contribution in [2.75, 3.05) is 13.1 Å². The van der Waals surface area contributed by atoms with E-state index in [4.69, 9.17) is 11.6 Å². The zero-order chi connectivity index (χ0) is 25.9. The lowest BCUT2D eigenvalue weighted by Crippen LogP contribution is -2.53.